The van der Waals surface area contributed by atoms with E-state index in [1.165, 1.54) is 0 Å². The molecule has 0 aromatic heterocycles. The molecule has 0 saturated carbocycles. The van der Waals surface area contributed by atoms with Gasteiger partial charge in [-0.3, -0.25) is 14.9 Å². The van der Waals surface area contributed by atoms with Crippen LogP contribution in [-0.2, 0) is 14.8 Å². The molecule has 0 spiro atoms. The summed E-state index contributed by atoms with van der Waals surface area (Å²) in [5.41, 5.74) is -0.581. The number of carboxylic acids is 1. The van der Waals surface area contributed by atoms with Gasteiger partial charge in [-0.05, 0) is 6.07 Å². The number of aliphatic carboxylic acids is 1. The molecular weight excluding hydrogens is 283 g/mol. The van der Waals surface area contributed by atoms with E-state index >= 15 is 0 Å². The molecule has 0 saturated heterocycles. The number of carboxylic acid groups (broad SMARTS) is 1. The Kier molecular flexibility index (Phi) is 4.51. The average Bonchev–Trinajstić information content (AvgIpc) is 2.27. The van der Waals surface area contributed by atoms with Crippen LogP contribution in [0.1, 0.15) is 6.42 Å². The van der Waals surface area contributed by atoms with Crippen molar-refractivity contribution in [1.82, 2.24) is 4.72 Å². The number of carbonyl (C=O) groups is 1. The molecule has 0 bridgehead atoms. The van der Waals surface area contributed by atoms with Gasteiger partial charge in [-0.15, -0.1) is 0 Å². The number of non-ortho nitro benzene ring substituents is 1. The van der Waals surface area contributed by atoms with Gasteiger partial charge in [0.15, 0.2) is 0 Å². The quantitative estimate of drug-likeness (QED) is 0.580. The normalized spacial score (nSPS) is 11.2. The van der Waals surface area contributed by atoms with E-state index < -0.39 is 50.3 Å². The predicted molar refractivity (Wildman–Crippen MR) is 60.5 cm³/mol. The summed E-state index contributed by atoms with van der Waals surface area (Å²) in [6.07, 6.45) is -0.464. The van der Waals surface area contributed by atoms with E-state index in [4.69, 9.17) is 5.11 Å². The number of nitrogens with zero attached hydrogens (tertiary/aromatic N) is 1. The van der Waals surface area contributed by atoms with Crippen molar-refractivity contribution in [3.05, 3.63) is 34.1 Å². The molecule has 0 atom stereocenters. The molecule has 10 heteroatoms. The van der Waals surface area contributed by atoms with Crippen LogP contribution in [0.4, 0.5) is 10.1 Å². The van der Waals surface area contributed by atoms with E-state index in [-0.39, 0.29) is 0 Å². The third-order valence-electron chi connectivity index (χ3n) is 2.05. The Morgan fingerprint density at radius 3 is 2.58 bits per heavy atom. The number of nitro benzene ring substituents is 1. The lowest BCUT2D eigenvalue weighted by atomic mass is 10.3. The van der Waals surface area contributed by atoms with E-state index in [0.29, 0.717) is 6.07 Å². The van der Waals surface area contributed by atoms with Crippen molar-refractivity contribution in [3.63, 3.8) is 0 Å². The van der Waals surface area contributed by atoms with Gasteiger partial charge in [0.1, 0.15) is 10.7 Å². The van der Waals surface area contributed by atoms with Crippen LogP contribution in [0.25, 0.3) is 0 Å². The molecule has 0 aliphatic heterocycles. The maximum absolute atomic E-state index is 13.5. The summed E-state index contributed by atoms with van der Waals surface area (Å²) < 4.78 is 38.5. The van der Waals surface area contributed by atoms with Crippen LogP contribution in [0.3, 0.4) is 0 Å². The van der Waals surface area contributed by atoms with E-state index in [1.807, 2.05) is 4.72 Å². The Balaban J connectivity index is 2.96. The monoisotopic (exact) mass is 292 g/mol. The second-order valence-electron chi connectivity index (χ2n) is 3.41. The Hall–Kier alpha value is -2.07. The molecule has 8 nitrogen and oxygen atoms in total. The van der Waals surface area contributed by atoms with Crippen LogP contribution < -0.4 is 4.72 Å². The van der Waals surface area contributed by atoms with Crippen molar-refractivity contribution < 1.29 is 27.6 Å². The number of halogens is 1. The van der Waals surface area contributed by atoms with Crippen LogP contribution >= 0.6 is 0 Å². The van der Waals surface area contributed by atoms with Crippen molar-refractivity contribution in [2.45, 2.75) is 11.3 Å². The van der Waals surface area contributed by atoms with Crippen molar-refractivity contribution in [3.8, 4) is 0 Å². The number of sulfonamides is 1. The van der Waals surface area contributed by atoms with Gasteiger partial charge in [0.2, 0.25) is 10.0 Å². The van der Waals surface area contributed by atoms with Crippen LogP contribution in [0.5, 0.6) is 0 Å². The topological polar surface area (TPSA) is 127 Å². The zero-order valence-electron chi connectivity index (χ0n) is 9.37. The van der Waals surface area contributed by atoms with Crippen molar-refractivity contribution in [1.29, 1.82) is 0 Å². The minimum absolute atomic E-state index is 0.409. The van der Waals surface area contributed by atoms with Gasteiger partial charge in [0.25, 0.3) is 5.69 Å². The van der Waals surface area contributed by atoms with Gasteiger partial charge < -0.3 is 5.11 Å². The molecule has 0 aliphatic carbocycles. The lowest BCUT2D eigenvalue weighted by Gasteiger charge is -2.06. The molecule has 104 valence electrons. The van der Waals surface area contributed by atoms with E-state index in [2.05, 4.69) is 0 Å². The third-order valence-corrected chi connectivity index (χ3v) is 3.54. The fraction of sp³-hybridized carbons (Fsp3) is 0.222. The second kappa shape index (κ2) is 5.71. The van der Waals surface area contributed by atoms with Gasteiger partial charge >= 0.3 is 5.97 Å². The Morgan fingerprint density at radius 2 is 2.11 bits per heavy atom. The number of hydrogen-bond donors (Lipinski definition) is 2. The number of nitrogens with one attached hydrogen (secondary N) is 1. The van der Waals surface area contributed by atoms with E-state index in [0.717, 1.165) is 12.1 Å². The largest absolute Gasteiger partial charge is 0.481 e. The summed E-state index contributed by atoms with van der Waals surface area (Å²) in [5, 5.41) is 18.7. The van der Waals surface area contributed by atoms with Gasteiger partial charge in [-0.2, -0.15) is 0 Å². The van der Waals surface area contributed by atoms with Gasteiger partial charge in [-0.1, -0.05) is 0 Å². The van der Waals surface area contributed by atoms with Crippen LogP contribution in [-0.4, -0.2) is 31.0 Å². The molecule has 1 rings (SSSR count). The lowest BCUT2D eigenvalue weighted by Crippen LogP contribution is -2.27. The molecule has 1 aromatic rings. The zero-order valence-corrected chi connectivity index (χ0v) is 10.2. The van der Waals surface area contributed by atoms with E-state index in [9.17, 15) is 27.7 Å². The first-order chi connectivity index (χ1) is 8.74. The minimum atomic E-state index is -4.24. The van der Waals surface area contributed by atoms with Gasteiger partial charge in [0, 0.05) is 12.6 Å². The standard InChI is InChI=1S/C9H9FN2O6S/c10-7-5-6(12(15)16)1-2-8(7)19(17,18)11-4-3-9(13)14/h1-2,5,11H,3-4H2,(H,13,14). The summed E-state index contributed by atoms with van der Waals surface area (Å²) >= 11 is 0. The molecule has 0 heterocycles. The third kappa shape index (κ3) is 3.96. The molecule has 0 fully saturated rings. The van der Waals surface area contributed by atoms with Gasteiger partial charge in [0.05, 0.1) is 17.4 Å². The van der Waals surface area contributed by atoms with Crippen molar-refractivity contribution >= 4 is 21.7 Å². The number of rotatable bonds is 6. The molecular formula is C9H9FN2O6S. The Labute approximate surface area is 107 Å². The molecule has 0 amide bonds. The maximum Gasteiger partial charge on any atom is 0.304 e. The highest BCUT2D eigenvalue weighted by Gasteiger charge is 2.21. The summed E-state index contributed by atoms with van der Waals surface area (Å²) in [5.74, 6) is -2.50. The summed E-state index contributed by atoms with van der Waals surface area (Å²) in [6.45, 7) is -0.409. The highest BCUT2D eigenvalue weighted by atomic mass is 32.2. The fourth-order valence-corrected chi connectivity index (χ4v) is 2.28. The molecule has 2 N–H and O–H groups in total. The Morgan fingerprint density at radius 1 is 1.47 bits per heavy atom. The minimum Gasteiger partial charge on any atom is -0.481 e. The number of benzene rings is 1. The smallest absolute Gasteiger partial charge is 0.304 e. The highest BCUT2D eigenvalue weighted by molar-refractivity contribution is 7.89. The fourth-order valence-electron chi connectivity index (χ4n) is 1.19. The second-order valence-corrected chi connectivity index (χ2v) is 5.15. The number of hydrogen-bond acceptors (Lipinski definition) is 5. The average molecular weight is 292 g/mol. The SMILES string of the molecule is O=C(O)CCNS(=O)(=O)c1ccc([N+](=O)[O-])cc1F. The highest BCUT2D eigenvalue weighted by Crippen LogP contribution is 2.20. The first-order valence-corrected chi connectivity index (χ1v) is 6.38. The molecule has 0 unspecified atom stereocenters. The van der Waals surface area contributed by atoms with Crippen LogP contribution in [0, 0.1) is 15.9 Å². The molecule has 1 aromatic carbocycles. The van der Waals surface area contributed by atoms with Gasteiger partial charge in [-0.25, -0.2) is 17.5 Å². The van der Waals surface area contributed by atoms with Crippen LogP contribution in [0.2, 0.25) is 0 Å². The van der Waals surface area contributed by atoms with E-state index in [1.54, 1.807) is 0 Å². The van der Waals surface area contributed by atoms with Crippen molar-refractivity contribution in [2.24, 2.45) is 0 Å². The molecule has 0 aliphatic rings. The Bertz CT molecular complexity index is 615. The summed E-state index contributed by atoms with van der Waals surface area (Å²) in [4.78, 5) is 19.0. The predicted octanol–water partition coefficient (Wildman–Crippen LogP) is 0.487. The maximum atomic E-state index is 13.5. The zero-order chi connectivity index (χ0) is 14.6. The first-order valence-electron chi connectivity index (χ1n) is 4.89. The first kappa shape index (κ1) is 15.0. The lowest BCUT2D eigenvalue weighted by molar-refractivity contribution is -0.385. The summed E-state index contributed by atoms with van der Waals surface area (Å²) in [7, 11) is -4.24. The van der Waals surface area contributed by atoms with Crippen molar-refractivity contribution in [2.75, 3.05) is 6.54 Å². The molecule has 19 heavy (non-hydrogen) atoms. The molecule has 0 radical (unpaired) electrons. The summed E-state index contributed by atoms with van der Waals surface area (Å²) in [6, 6.07) is 2.07. The number of nitro groups is 1. The van der Waals surface area contributed by atoms with Crippen LogP contribution in [0.15, 0.2) is 23.1 Å².